The maximum atomic E-state index is 5.69. The Hall–Kier alpha value is -1.29. The fourth-order valence-electron chi connectivity index (χ4n) is 1.40. The van der Waals surface area contributed by atoms with Crippen molar-refractivity contribution in [2.75, 3.05) is 12.3 Å². The van der Waals surface area contributed by atoms with Crippen LogP contribution in [-0.4, -0.2) is 11.6 Å². The van der Waals surface area contributed by atoms with Gasteiger partial charge in [0.1, 0.15) is 11.6 Å². The van der Waals surface area contributed by atoms with E-state index in [1.807, 2.05) is 31.2 Å². The minimum Gasteiger partial charge on any atom is -0.494 e. The molecular formula is C11H11BrN2O. The van der Waals surface area contributed by atoms with E-state index >= 15 is 0 Å². The van der Waals surface area contributed by atoms with E-state index in [1.165, 1.54) is 0 Å². The molecule has 1 heterocycles. The standard InChI is InChI=1S/C11H11BrN2O/c1-2-15-8-3-4-10-7(5-8)6-9(12)11(13)14-10/h3-6H,2H2,1H3,(H2,13,14). The lowest BCUT2D eigenvalue weighted by atomic mass is 10.2. The summed E-state index contributed by atoms with van der Waals surface area (Å²) in [5.74, 6) is 1.36. The van der Waals surface area contributed by atoms with Crippen LogP contribution in [0.4, 0.5) is 5.82 Å². The van der Waals surface area contributed by atoms with Gasteiger partial charge in [-0.25, -0.2) is 4.98 Å². The molecule has 1 aromatic carbocycles. The maximum Gasteiger partial charge on any atom is 0.138 e. The molecule has 0 radical (unpaired) electrons. The third-order valence-electron chi connectivity index (χ3n) is 2.08. The van der Waals surface area contributed by atoms with Crippen LogP contribution in [0.15, 0.2) is 28.7 Å². The highest BCUT2D eigenvalue weighted by molar-refractivity contribution is 9.10. The molecule has 0 unspecified atom stereocenters. The molecule has 1 aromatic heterocycles. The van der Waals surface area contributed by atoms with Crippen LogP contribution in [0.25, 0.3) is 10.9 Å². The second-order valence-corrected chi connectivity index (χ2v) is 4.00. The molecular weight excluding hydrogens is 256 g/mol. The summed E-state index contributed by atoms with van der Waals surface area (Å²) in [5.41, 5.74) is 6.57. The molecule has 4 heteroatoms. The predicted molar refractivity (Wildman–Crippen MR) is 65.0 cm³/mol. The summed E-state index contributed by atoms with van der Waals surface area (Å²) in [4.78, 5) is 4.25. The lowest BCUT2D eigenvalue weighted by molar-refractivity contribution is 0.340. The molecule has 0 saturated heterocycles. The number of aromatic nitrogens is 1. The largest absolute Gasteiger partial charge is 0.494 e. The van der Waals surface area contributed by atoms with Crippen LogP contribution in [0.5, 0.6) is 5.75 Å². The second-order valence-electron chi connectivity index (χ2n) is 3.14. The monoisotopic (exact) mass is 266 g/mol. The Morgan fingerprint density at radius 3 is 2.93 bits per heavy atom. The van der Waals surface area contributed by atoms with Gasteiger partial charge < -0.3 is 10.5 Å². The highest BCUT2D eigenvalue weighted by Gasteiger charge is 2.02. The second kappa shape index (κ2) is 4.06. The first-order chi connectivity index (χ1) is 7.20. The molecule has 2 rings (SSSR count). The smallest absolute Gasteiger partial charge is 0.138 e. The summed E-state index contributed by atoms with van der Waals surface area (Å²) >= 11 is 3.35. The lowest BCUT2D eigenvalue weighted by Gasteiger charge is -2.05. The van der Waals surface area contributed by atoms with Crippen LogP contribution in [0.2, 0.25) is 0 Å². The fraction of sp³-hybridized carbons (Fsp3) is 0.182. The van der Waals surface area contributed by atoms with Gasteiger partial charge in [-0.05, 0) is 47.1 Å². The average molecular weight is 267 g/mol. The third-order valence-corrected chi connectivity index (χ3v) is 2.71. The van der Waals surface area contributed by atoms with E-state index in [4.69, 9.17) is 10.5 Å². The van der Waals surface area contributed by atoms with Crippen LogP contribution < -0.4 is 10.5 Å². The number of pyridine rings is 1. The van der Waals surface area contributed by atoms with Crippen molar-refractivity contribution in [2.45, 2.75) is 6.92 Å². The Kier molecular flexibility index (Phi) is 2.77. The topological polar surface area (TPSA) is 48.1 Å². The van der Waals surface area contributed by atoms with Gasteiger partial charge >= 0.3 is 0 Å². The van der Waals surface area contributed by atoms with Gasteiger partial charge in [0.25, 0.3) is 0 Å². The Morgan fingerprint density at radius 1 is 1.40 bits per heavy atom. The molecule has 3 nitrogen and oxygen atoms in total. The summed E-state index contributed by atoms with van der Waals surface area (Å²) in [6, 6.07) is 7.70. The number of halogens is 1. The van der Waals surface area contributed by atoms with E-state index in [0.29, 0.717) is 12.4 Å². The zero-order chi connectivity index (χ0) is 10.8. The van der Waals surface area contributed by atoms with Crippen molar-refractivity contribution in [3.8, 4) is 5.75 Å². The Balaban J connectivity index is 2.56. The molecule has 0 bridgehead atoms. The van der Waals surface area contributed by atoms with Gasteiger partial charge in [-0.2, -0.15) is 0 Å². The number of nitrogens with zero attached hydrogens (tertiary/aromatic N) is 1. The Labute approximate surface area is 96.4 Å². The van der Waals surface area contributed by atoms with Crippen molar-refractivity contribution in [1.82, 2.24) is 4.98 Å². The van der Waals surface area contributed by atoms with E-state index in [-0.39, 0.29) is 0 Å². The molecule has 2 N–H and O–H groups in total. The molecule has 0 aliphatic rings. The number of nitrogens with two attached hydrogens (primary N) is 1. The number of nitrogen functional groups attached to an aromatic ring is 1. The molecule has 0 fully saturated rings. The summed E-state index contributed by atoms with van der Waals surface area (Å²) in [6.07, 6.45) is 0. The summed E-state index contributed by atoms with van der Waals surface area (Å²) in [5, 5.41) is 1.02. The first kappa shape index (κ1) is 10.2. The third kappa shape index (κ3) is 2.04. The molecule has 15 heavy (non-hydrogen) atoms. The molecule has 0 saturated carbocycles. The highest BCUT2D eigenvalue weighted by Crippen LogP contribution is 2.25. The van der Waals surface area contributed by atoms with Crippen molar-refractivity contribution >= 4 is 32.7 Å². The molecule has 78 valence electrons. The van der Waals surface area contributed by atoms with E-state index in [9.17, 15) is 0 Å². The van der Waals surface area contributed by atoms with Crippen molar-refractivity contribution in [3.63, 3.8) is 0 Å². The number of hydrogen-bond donors (Lipinski definition) is 1. The van der Waals surface area contributed by atoms with Crippen LogP contribution in [0.1, 0.15) is 6.92 Å². The van der Waals surface area contributed by atoms with Crippen LogP contribution in [0, 0.1) is 0 Å². The zero-order valence-electron chi connectivity index (χ0n) is 8.33. The van der Waals surface area contributed by atoms with Gasteiger partial charge in [-0.1, -0.05) is 0 Å². The number of fused-ring (bicyclic) bond motifs is 1. The van der Waals surface area contributed by atoms with Crippen LogP contribution in [0.3, 0.4) is 0 Å². The average Bonchev–Trinajstić information content (AvgIpc) is 2.21. The van der Waals surface area contributed by atoms with Crippen LogP contribution in [-0.2, 0) is 0 Å². The maximum absolute atomic E-state index is 5.69. The fourth-order valence-corrected chi connectivity index (χ4v) is 1.74. The van der Waals surface area contributed by atoms with Crippen molar-refractivity contribution < 1.29 is 4.74 Å². The van der Waals surface area contributed by atoms with Gasteiger partial charge in [0, 0.05) is 5.39 Å². The minimum atomic E-state index is 0.506. The molecule has 0 aliphatic heterocycles. The summed E-state index contributed by atoms with van der Waals surface area (Å²) in [7, 11) is 0. The van der Waals surface area contributed by atoms with Crippen molar-refractivity contribution in [2.24, 2.45) is 0 Å². The summed E-state index contributed by atoms with van der Waals surface area (Å²) in [6.45, 7) is 2.62. The first-order valence-corrected chi connectivity index (χ1v) is 5.48. The van der Waals surface area contributed by atoms with Crippen molar-refractivity contribution in [3.05, 3.63) is 28.7 Å². The van der Waals surface area contributed by atoms with E-state index in [1.54, 1.807) is 0 Å². The predicted octanol–water partition coefficient (Wildman–Crippen LogP) is 2.98. The molecule has 2 aromatic rings. The van der Waals surface area contributed by atoms with Gasteiger partial charge in [0.05, 0.1) is 16.6 Å². The van der Waals surface area contributed by atoms with Gasteiger partial charge in [0.15, 0.2) is 0 Å². The zero-order valence-corrected chi connectivity index (χ0v) is 9.91. The number of ether oxygens (including phenoxy) is 1. The van der Waals surface area contributed by atoms with E-state index in [0.717, 1.165) is 21.1 Å². The lowest BCUT2D eigenvalue weighted by Crippen LogP contribution is -1.94. The molecule has 0 amide bonds. The number of anilines is 1. The van der Waals surface area contributed by atoms with Gasteiger partial charge in [-0.15, -0.1) is 0 Å². The van der Waals surface area contributed by atoms with E-state index < -0.39 is 0 Å². The van der Waals surface area contributed by atoms with Gasteiger partial charge in [-0.3, -0.25) is 0 Å². The van der Waals surface area contributed by atoms with Gasteiger partial charge in [0.2, 0.25) is 0 Å². The van der Waals surface area contributed by atoms with Crippen LogP contribution >= 0.6 is 15.9 Å². The Morgan fingerprint density at radius 2 is 2.20 bits per heavy atom. The number of rotatable bonds is 2. The van der Waals surface area contributed by atoms with Crippen molar-refractivity contribution in [1.29, 1.82) is 0 Å². The number of hydrogen-bond acceptors (Lipinski definition) is 3. The Bertz CT molecular complexity index is 499. The summed E-state index contributed by atoms with van der Waals surface area (Å²) < 4.78 is 6.22. The molecule has 0 spiro atoms. The SMILES string of the molecule is CCOc1ccc2nc(N)c(Br)cc2c1. The quantitative estimate of drug-likeness (QED) is 0.909. The molecule has 0 aliphatic carbocycles. The number of benzene rings is 1. The normalized spacial score (nSPS) is 10.5. The van der Waals surface area contributed by atoms with E-state index in [2.05, 4.69) is 20.9 Å². The minimum absolute atomic E-state index is 0.506. The highest BCUT2D eigenvalue weighted by atomic mass is 79.9. The first-order valence-electron chi connectivity index (χ1n) is 4.69. The molecule has 0 atom stereocenters.